The number of likely N-dealkylation sites (N-methyl/N-ethyl adjacent to an activating group) is 1. The molecular weight excluding hydrogens is 486 g/mol. The van der Waals surface area contributed by atoms with Crippen molar-refractivity contribution in [1.82, 2.24) is 10.2 Å². The Labute approximate surface area is 220 Å². The summed E-state index contributed by atoms with van der Waals surface area (Å²) in [6, 6.07) is 21.8. The molecule has 3 aromatic carbocycles. The number of hydrogen-bond acceptors (Lipinski definition) is 4. The van der Waals surface area contributed by atoms with Crippen LogP contribution in [0.1, 0.15) is 27.8 Å². The molecule has 0 aliphatic rings. The molecule has 0 bridgehead atoms. The number of carbonyl (C=O) groups is 2. The maximum Gasteiger partial charge on any atom is 0.244 e. The van der Waals surface area contributed by atoms with E-state index in [0.717, 1.165) is 38.4 Å². The first kappa shape index (κ1) is 27.9. The predicted molar refractivity (Wildman–Crippen MR) is 148 cm³/mol. The van der Waals surface area contributed by atoms with Gasteiger partial charge in [-0.1, -0.05) is 77.9 Å². The molecule has 0 heterocycles. The second-order valence-corrected chi connectivity index (χ2v) is 11.3. The van der Waals surface area contributed by atoms with Gasteiger partial charge >= 0.3 is 0 Å². The molecule has 2 amide bonds. The topological polar surface area (TPSA) is 86.8 Å². The highest BCUT2D eigenvalue weighted by molar-refractivity contribution is 7.92. The Balaban J connectivity index is 2.05. The summed E-state index contributed by atoms with van der Waals surface area (Å²) in [6.45, 7) is 5.44. The first-order valence-corrected chi connectivity index (χ1v) is 14.0. The molecule has 37 heavy (non-hydrogen) atoms. The fourth-order valence-electron chi connectivity index (χ4n) is 4.41. The maximum absolute atomic E-state index is 13.9. The lowest BCUT2D eigenvalue weighted by atomic mass is 10.0. The van der Waals surface area contributed by atoms with Crippen LogP contribution in [0.3, 0.4) is 0 Å². The Morgan fingerprint density at radius 3 is 2.11 bits per heavy atom. The predicted octanol–water partition coefficient (Wildman–Crippen LogP) is 3.76. The molecule has 196 valence electrons. The summed E-state index contributed by atoms with van der Waals surface area (Å²) < 4.78 is 26.8. The Kier molecular flexibility index (Phi) is 9.10. The van der Waals surface area contributed by atoms with Crippen molar-refractivity contribution in [3.8, 4) is 0 Å². The molecule has 0 spiro atoms. The van der Waals surface area contributed by atoms with Crippen molar-refractivity contribution >= 4 is 27.5 Å². The van der Waals surface area contributed by atoms with Gasteiger partial charge in [-0.05, 0) is 43.5 Å². The van der Waals surface area contributed by atoms with Crippen molar-refractivity contribution in [2.75, 3.05) is 24.2 Å². The summed E-state index contributed by atoms with van der Waals surface area (Å²) in [5.74, 6) is -0.779. The standard InChI is InChI=1S/C29H35N3O4S/c1-21-10-9-13-25(17-21)19-31(27(29(34)30-4)18-24-11-7-6-8-12-24)28(33)20-32(37(5,35)36)26-15-14-22(2)16-23(26)3/h6-17,27H,18-20H2,1-5H3,(H,30,34)/t27-/m1/s1. The van der Waals surface area contributed by atoms with E-state index in [4.69, 9.17) is 0 Å². The van der Waals surface area contributed by atoms with Gasteiger partial charge in [0.1, 0.15) is 12.6 Å². The normalized spacial score (nSPS) is 12.0. The smallest absolute Gasteiger partial charge is 0.244 e. The average Bonchev–Trinajstić information content (AvgIpc) is 2.84. The molecule has 7 nitrogen and oxygen atoms in total. The molecule has 0 aliphatic carbocycles. The van der Waals surface area contributed by atoms with Crippen molar-refractivity contribution < 1.29 is 18.0 Å². The zero-order valence-electron chi connectivity index (χ0n) is 22.1. The number of benzene rings is 3. The van der Waals surface area contributed by atoms with Crippen LogP contribution >= 0.6 is 0 Å². The number of carbonyl (C=O) groups excluding carboxylic acids is 2. The van der Waals surface area contributed by atoms with Crippen LogP contribution in [-0.4, -0.2) is 51.0 Å². The number of aryl methyl sites for hydroxylation is 3. The van der Waals surface area contributed by atoms with Gasteiger partial charge in [-0.2, -0.15) is 0 Å². The van der Waals surface area contributed by atoms with E-state index in [1.807, 2.05) is 87.5 Å². The summed E-state index contributed by atoms with van der Waals surface area (Å²) >= 11 is 0. The maximum atomic E-state index is 13.9. The number of nitrogens with zero attached hydrogens (tertiary/aromatic N) is 2. The molecule has 0 saturated heterocycles. The Bertz CT molecular complexity index is 1360. The minimum atomic E-state index is -3.79. The molecule has 3 aromatic rings. The molecule has 0 radical (unpaired) electrons. The van der Waals surface area contributed by atoms with Crippen molar-refractivity contribution in [2.45, 2.75) is 39.8 Å². The molecule has 0 fully saturated rings. The third-order valence-electron chi connectivity index (χ3n) is 6.25. The molecule has 8 heteroatoms. The van der Waals surface area contributed by atoms with Crippen LogP contribution in [0.4, 0.5) is 5.69 Å². The lowest BCUT2D eigenvalue weighted by Gasteiger charge is -2.33. The lowest BCUT2D eigenvalue weighted by molar-refractivity contribution is -0.139. The zero-order valence-corrected chi connectivity index (χ0v) is 22.9. The van der Waals surface area contributed by atoms with Gasteiger partial charge in [0.25, 0.3) is 0 Å². The summed E-state index contributed by atoms with van der Waals surface area (Å²) in [7, 11) is -2.25. The fraction of sp³-hybridized carbons (Fsp3) is 0.310. The molecule has 0 aliphatic heterocycles. The van der Waals surface area contributed by atoms with Crippen LogP contribution in [0.15, 0.2) is 72.8 Å². The number of amides is 2. The van der Waals surface area contributed by atoms with Crippen LogP contribution in [0.5, 0.6) is 0 Å². The van der Waals surface area contributed by atoms with E-state index < -0.39 is 28.5 Å². The molecule has 0 saturated carbocycles. The van der Waals surface area contributed by atoms with Gasteiger partial charge in [0, 0.05) is 20.0 Å². The summed E-state index contributed by atoms with van der Waals surface area (Å²) in [5.41, 5.74) is 4.95. The van der Waals surface area contributed by atoms with Crippen LogP contribution in [0.2, 0.25) is 0 Å². The summed E-state index contributed by atoms with van der Waals surface area (Å²) in [4.78, 5) is 28.5. The Morgan fingerprint density at radius 2 is 1.51 bits per heavy atom. The highest BCUT2D eigenvalue weighted by Gasteiger charge is 2.32. The number of sulfonamides is 1. The molecule has 0 aromatic heterocycles. The fourth-order valence-corrected chi connectivity index (χ4v) is 5.31. The highest BCUT2D eigenvalue weighted by Crippen LogP contribution is 2.25. The largest absolute Gasteiger partial charge is 0.357 e. The minimum Gasteiger partial charge on any atom is -0.357 e. The summed E-state index contributed by atoms with van der Waals surface area (Å²) in [5, 5.41) is 2.68. The molecule has 1 atom stereocenters. The minimum absolute atomic E-state index is 0.163. The quantitative estimate of drug-likeness (QED) is 0.440. The lowest BCUT2D eigenvalue weighted by Crippen LogP contribution is -2.53. The van der Waals surface area contributed by atoms with Crippen molar-refractivity contribution in [1.29, 1.82) is 0 Å². The molecule has 1 N–H and O–H groups in total. The van der Waals surface area contributed by atoms with Crippen LogP contribution in [0.25, 0.3) is 0 Å². The second kappa shape index (κ2) is 12.1. The Hall–Kier alpha value is -3.65. The third-order valence-corrected chi connectivity index (χ3v) is 7.38. The molecule has 3 rings (SSSR count). The van der Waals surface area contributed by atoms with E-state index in [2.05, 4.69) is 5.32 Å². The van der Waals surface area contributed by atoms with E-state index >= 15 is 0 Å². The van der Waals surface area contributed by atoms with E-state index in [-0.39, 0.29) is 12.5 Å². The van der Waals surface area contributed by atoms with Gasteiger partial charge in [-0.15, -0.1) is 0 Å². The van der Waals surface area contributed by atoms with Gasteiger partial charge in [-0.25, -0.2) is 8.42 Å². The van der Waals surface area contributed by atoms with E-state index in [1.165, 1.54) is 11.9 Å². The van der Waals surface area contributed by atoms with Gasteiger partial charge in [0.2, 0.25) is 21.8 Å². The first-order chi connectivity index (χ1) is 17.5. The zero-order chi connectivity index (χ0) is 27.2. The highest BCUT2D eigenvalue weighted by atomic mass is 32.2. The van der Waals surface area contributed by atoms with Crippen molar-refractivity contribution in [3.63, 3.8) is 0 Å². The third kappa shape index (κ3) is 7.43. The van der Waals surface area contributed by atoms with Gasteiger partial charge < -0.3 is 10.2 Å². The number of hydrogen-bond donors (Lipinski definition) is 1. The van der Waals surface area contributed by atoms with E-state index in [9.17, 15) is 18.0 Å². The first-order valence-electron chi connectivity index (χ1n) is 12.1. The number of rotatable bonds is 10. The van der Waals surface area contributed by atoms with Crippen LogP contribution < -0.4 is 9.62 Å². The van der Waals surface area contributed by atoms with Crippen LogP contribution in [0, 0.1) is 20.8 Å². The monoisotopic (exact) mass is 521 g/mol. The molecule has 0 unspecified atom stereocenters. The molecular formula is C29H35N3O4S. The van der Waals surface area contributed by atoms with E-state index in [1.54, 1.807) is 6.07 Å². The SMILES string of the molecule is CNC(=O)[C@@H](Cc1ccccc1)N(Cc1cccc(C)c1)C(=O)CN(c1ccc(C)cc1C)S(C)(=O)=O. The van der Waals surface area contributed by atoms with Crippen molar-refractivity contribution in [2.24, 2.45) is 0 Å². The van der Waals surface area contributed by atoms with Crippen molar-refractivity contribution in [3.05, 3.63) is 101 Å². The number of nitrogens with one attached hydrogen (secondary N) is 1. The Morgan fingerprint density at radius 1 is 0.865 bits per heavy atom. The van der Waals surface area contributed by atoms with Gasteiger partial charge in [0.05, 0.1) is 11.9 Å². The van der Waals surface area contributed by atoms with E-state index in [0.29, 0.717) is 12.1 Å². The second-order valence-electron chi connectivity index (χ2n) is 9.39. The van der Waals surface area contributed by atoms with Gasteiger partial charge in [-0.3, -0.25) is 13.9 Å². The van der Waals surface area contributed by atoms with Gasteiger partial charge in [0.15, 0.2) is 0 Å². The average molecular weight is 522 g/mol. The number of anilines is 1. The summed E-state index contributed by atoms with van der Waals surface area (Å²) in [6.07, 6.45) is 1.38. The van der Waals surface area contributed by atoms with Crippen LogP contribution in [-0.2, 0) is 32.6 Å².